The van der Waals surface area contributed by atoms with Crippen molar-refractivity contribution < 1.29 is 28.6 Å². The van der Waals surface area contributed by atoms with Crippen molar-refractivity contribution in [3.05, 3.63) is 0 Å². The van der Waals surface area contributed by atoms with Gasteiger partial charge in [0.05, 0.1) is 0 Å². The molecule has 0 aliphatic rings. The standard InChI is InChI=1S/C46H88O6/c1-5-7-9-11-13-14-18-22-26-30-34-38-45(48)51-41-43(40-50-44(47)37-33-29-24-12-10-8-6-2)52-46(49)39-35-31-27-23-20-17-15-16-19-21-25-28-32-36-42(3)4/h42-43H,5-41H2,1-4H3/t43-/m1/s1. The van der Waals surface area contributed by atoms with Crippen LogP contribution < -0.4 is 0 Å². The number of carbonyl (C=O) groups is 3. The van der Waals surface area contributed by atoms with Gasteiger partial charge in [0.15, 0.2) is 6.10 Å². The monoisotopic (exact) mass is 737 g/mol. The Morgan fingerprint density at radius 1 is 0.365 bits per heavy atom. The Bertz CT molecular complexity index is 781. The zero-order chi connectivity index (χ0) is 38.2. The maximum absolute atomic E-state index is 12.7. The molecular weight excluding hydrogens is 648 g/mol. The summed E-state index contributed by atoms with van der Waals surface area (Å²) in [5.74, 6) is -0.0219. The van der Waals surface area contributed by atoms with Gasteiger partial charge in [0.1, 0.15) is 13.2 Å². The predicted octanol–water partition coefficient (Wildman–Crippen LogP) is 14.3. The fourth-order valence-corrected chi connectivity index (χ4v) is 6.80. The SMILES string of the molecule is CCCCCCCCCCCCCC(=O)OC[C@@H](COC(=O)CCCCCCCCC)OC(=O)CCCCCCCCCCCCCCCC(C)C. The maximum Gasteiger partial charge on any atom is 0.306 e. The van der Waals surface area contributed by atoms with Crippen molar-refractivity contribution >= 4 is 17.9 Å². The van der Waals surface area contributed by atoms with Crippen LogP contribution in [-0.4, -0.2) is 37.2 Å². The van der Waals surface area contributed by atoms with E-state index < -0.39 is 6.10 Å². The second-order valence-electron chi connectivity index (χ2n) is 16.2. The van der Waals surface area contributed by atoms with Gasteiger partial charge < -0.3 is 14.2 Å². The minimum atomic E-state index is -0.758. The lowest BCUT2D eigenvalue weighted by atomic mass is 10.0. The Labute approximate surface area is 323 Å². The van der Waals surface area contributed by atoms with Gasteiger partial charge in [-0.05, 0) is 25.2 Å². The summed E-state index contributed by atoms with van der Waals surface area (Å²) in [5.41, 5.74) is 0. The first-order valence-electron chi connectivity index (χ1n) is 22.9. The van der Waals surface area contributed by atoms with Crippen molar-refractivity contribution in [3.8, 4) is 0 Å². The fraction of sp³-hybridized carbons (Fsp3) is 0.935. The average Bonchev–Trinajstić information content (AvgIpc) is 3.12. The minimum Gasteiger partial charge on any atom is -0.462 e. The molecule has 0 radical (unpaired) electrons. The van der Waals surface area contributed by atoms with Gasteiger partial charge in [0.25, 0.3) is 0 Å². The van der Waals surface area contributed by atoms with E-state index in [9.17, 15) is 14.4 Å². The Hall–Kier alpha value is -1.59. The van der Waals surface area contributed by atoms with Crippen molar-refractivity contribution in [3.63, 3.8) is 0 Å². The first-order valence-corrected chi connectivity index (χ1v) is 22.9. The van der Waals surface area contributed by atoms with Crippen LogP contribution in [0, 0.1) is 5.92 Å². The molecule has 308 valence electrons. The van der Waals surface area contributed by atoms with Crippen molar-refractivity contribution in [2.45, 2.75) is 259 Å². The molecule has 6 nitrogen and oxygen atoms in total. The molecule has 0 unspecified atom stereocenters. The highest BCUT2D eigenvalue weighted by Crippen LogP contribution is 2.16. The van der Waals surface area contributed by atoms with Crippen molar-refractivity contribution in [2.24, 2.45) is 5.92 Å². The van der Waals surface area contributed by atoms with Crippen LogP contribution in [0.5, 0.6) is 0 Å². The van der Waals surface area contributed by atoms with Crippen molar-refractivity contribution in [1.29, 1.82) is 0 Å². The van der Waals surface area contributed by atoms with Gasteiger partial charge in [-0.15, -0.1) is 0 Å². The molecule has 0 spiro atoms. The Balaban J connectivity index is 4.25. The molecule has 1 atom stereocenters. The highest BCUT2D eigenvalue weighted by Gasteiger charge is 2.19. The van der Waals surface area contributed by atoms with Gasteiger partial charge in [0.2, 0.25) is 0 Å². The molecule has 0 saturated heterocycles. The van der Waals surface area contributed by atoms with E-state index in [1.807, 2.05) is 0 Å². The van der Waals surface area contributed by atoms with E-state index in [4.69, 9.17) is 14.2 Å². The van der Waals surface area contributed by atoms with Gasteiger partial charge in [-0.1, -0.05) is 214 Å². The van der Waals surface area contributed by atoms with Crippen LogP contribution in [0.1, 0.15) is 252 Å². The van der Waals surface area contributed by atoms with Crippen LogP contribution in [-0.2, 0) is 28.6 Å². The molecule has 0 fully saturated rings. The summed E-state index contributed by atoms with van der Waals surface area (Å²) >= 11 is 0. The third-order valence-electron chi connectivity index (χ3n) is 10.3. The van der Waals surface area contributed by atoms with E-state index in [0.717, 1.165) is 63.7 Å². The van der Waals surface area contributed by atoms with E-state index in [1.54, 1.807) is 0 Å². The van der Waals surface area contributed by atoms with E-state index in [1.165, 1.54) is 148 Å². The summed E-state index contributed by atoms with van der Waals surface area (Å²) < 4.78 is 16.7. The summed E-state index contributed by atoms with van der Waals surface area (Å²) in [6.07, 6.45) is 39.5. The van der Waals surface area contributed by atoms with Gasteiger partial charge >= 0.3 is 17.9 Å². The molecule has 0 aromatic heterocycles. The van der Waals surface area contributed by atoms with Crippen molar-refractivity contribution in [1.82, 2.24) is 0 Å². The zero-order valence-electron chi connectivity index (χ0n) is 35.3. The second-order valence-corrected chi connectivity index (χ2v) is 16.2. The molecule has 0 N–H and O–H groups in total. The molecule has 0 aromatic rings. The zero-order valence-corrected chi connectivity index (χ0v) is 35.3. The number of unbranched alkanes of at least 4 members (excludes halogenated alkanes) is 28. The third kappa shape index (κ3) is 39.6. The molecule has 0 bridgehead atoms. The highest BCUT2D eigenvalue weighted by atomic mass is 16.6. The predicted molar refractivity (Wildman–Crippen MR) is 220 cm³/mol. The maximum atomic E-state index is 12.7. The van der Waals surface area contributed by atoms with Crippen molar-refractivity contribution in [2.75, 3.05) is 13.2 Å². The van der Waals surface area contributed by atoms with Crippen LogP contribution in [0.15, 0.2) is 0 Å². The Morgan fingerprint density at radius 3 is 0.942 bits per heavy atom. The van der Waals surface area contributed by atoms with Crippen LogP contribution in [0.2, 0.25) is 0 Å². The summed E-state index contributed by atoms with van der Waals surface area (Å²) in [6, 6.07) is 0. The van der Waals surface area contributed by atoms with Crippen LogP contribution in [0.4, 0.5) is 0 Å². The van der Waals surface area contributed by atoms with E-state index in [0.29, 0.717) is 19.3 Å². The molecule has 0 aliphatic carbocycles. The average molecular weight is 737 g/mol. The van der Waals surface area contributed by atoms with E-state index in [2.05, 4.69) is 27.7 Å². The van der Waals surface area contributed by atoms with Crippen LogP contribution in [0.3, 0.4) is 0 Å². The first-order chi connectivity index (χ1) is 25.4. The highest BCUT2D eigenvalue weighted by molar-refractivity contribution is 5.71. The normalized spacial score (nSPS) is 11.9. The number of ether oxygens (including phenoxy) is 3. The molecule has 52 heavy (non-hydrogen) atoms. The minimum absolute atomic E-state index is 0.0640. The van der Waals surface area contributed by atoms with Gasteiger partial charge in [-0.2, -0.15) is 0 Å². The van der Waals surface area contributed by atoms with E-state index in [-0.39, 0.29) is 31.1 Å². The quantitative estimate of drug-likeness (QED) is 0.0353. The Kier molecular flexibility index (Phi) is 39.4. The molecular formula is C46H88O6. The topological polar surface area (TPSA) is 78.9 Å². The molecule has 0 amide bonds. The van der Waals surface area contributed by atoms with E-state index >= 15 is 0 Å². The lowest BCUT2D eigenvalue weighted by Gasteiger charge is -2.18. The number of rotatable bonds is 41. The summed E-state index contributed by atoms with van der Waals surface area (Å²) in [7, 11) is 0. The molecule has 0 aliphatic heterocycles. The number of esters is 3. The lowest BCUT2D eigenvalue weighted by Crippen LogP contribution is -2.30. The number of hydrogen-bond donors (Lipinski definition) is 0. The second kappa shape index (κ2) is 40.6. The van der Waals surface area contributed by atoms with Gasteiger partial charge in [-0.3, -0.25) is 14.4 Å². The van der Waals surface area contributed by atoms with Gasteiger partial charge in [-0.25, -0.2) is 0 Å². The molecule has 0 aromatic carbocycles. The summed E-state index contributed by atoms with van der Waals surface area (Å²) in [6.45, 7) is 8.96. The number of hydrogen-bond acceptors (Lipinski definition) is 6. The summed E-state index contributed by atoms with van der Waals surface area (Å²) in [5, 5.41) is 0. The molecule has 0 rings (SSSR count). The van der Waals surface area contributed by atoms with Crippen LogP contribution in [0.25, 0.3) is 0 Å². The summed E-state index contributed by atoms with van der Waals surface area (Å²) in [4.78, 5) is 37.6. The molecule has 0 saturated carbocycles. The third-order valence-corrected chi connectivity index (χ3v) is 10.3. The number of carbonyl (C=O) groups excluding carboxylic acids is 3. The van der Waals surface area contributed by atoms with Gasteiger partial charge in [0, 0.05) is 19.3 Å². The van der Waals surface area contributed by atoms with Crippen LogP contribution >= 0.6 is 0 Å². The fourth-order valence-electron chi connectivity index (χ4n) is 6.80. The first kappa shape index (κ1) is 50.4. The lowest BCUT2D eigenvalue weighted by molar-refractivity contribution is -0.167. The largest absolute Gasteiger partial charge is 0.462 e. The Morgan fingerprint density at radius 2 is 0.635 bits per heavy atom. The smallest absolute Gasteiger partial charge is 0.306 e. The molecule has 0 heterocycles. The molecule has 6 heteroatoms.